The van der Waals surface area contributed by atoms with Crippen molar-refractivity contribution in [3.05, 3.63) is 216 Å². The summed E-state index contributed by atoms with van der Waals surface area (Å²) in [7, 11) is 0. The van der Waals surface area contributed by atoms with Crippen LogP contribution in [0, 0.1) is 0 Å². The predicted molar refractivity (Wildman–Crippen MR) is 237 cm³/mol. The lowest BCUT2D eigenvalue weighted by molar-refractivity contribution is 0.434. The summed E-state index contributed by atoms with van der Waals surface area (Å²) in [5, 5.41) is 6.91. The second kappa shape index (κ2) is 12.1. The van der Waals surface area contributed by atoms with Gasteiger partial charge in [-0.2, -0.15) is 0 Å². The first-order chi connectivity index (χ1) is 29.3. The van der Waals surface area contributed by atoms with E-state index in [0.717, 1.165) is 66.5 Å². The van der Waals surface area contributed by atoms with Crippen LogP contribution in [0.25, 0.3) is 83.2 Å². The number of rotatable bonds is 3. The first-order valence-corrected chi connectivity index (χ1v) is 20.0. The van der Waals surface area contributed by atoms with Crippen LogP contribution in [-0.2, 0) is 5.41 Å². The molecule has 0 radical (unpaired) electrons. The summed E-state index contributed by atoms with van der Waals surface area (Å²) in [6, 6.07) is 68.9. The third kappa shape index (κ3) is 4.41. The van der Waals surface area contributed by atoms with E-state index in [1.807, 2.05) is 0 Å². The van der Waals surface area contributed by atoms with Gasteiger partial charge in [0, 0.05) is 38.6 Å². The molecule has 0 saturated heterocycles. The van der Waals surface area contributed by atoms with Gasteiger partial charge < -0.3 is 9.30 Å². The fraction of sp³-hybridized carbons (Fsp3) is 0.0185. The van der Waals surface area contributed by atoms with Crippen LogP contribution in [-0.4, -0.2) is 19.5 Å². The van der Waals surface area contributed by atoms with Gasteiger partial charge in [-0.25, -0.2) is 15.0 Å². The Balaban J connectivity index is 1.12. The topological polar surface area (TPSA) is 52.8 Å². The molecule has 0 aliphatic carbocycles. The molecule has 0 amide bonds. The number of hydrogen-bond donors (Lipinski definition) is 0. The molecule has 13 rings (SSSR count). The number of fused-ring (bicyclic) bond motifs is 13. The molecule has 0 N–H and O–H groups in total. The Hall–Kier alpha value is -7.89. The number of nitrogens with zero attached hydrogens (tertiary/aromatic N) is 4. The minimum atomic E-state index is -0.718. The second-order valence-electron chi connectivity index (χ2n) is 15.5. The van der Waals surface area contributed by atoms with E-state index in [0.29, 0.717) is 17.5 Å². The molecule has 1 atom stereocenters. The van der Waals surface area contributed by atoms with Crippen molar-refractivity contribution in [2.75, 3.05) is 0 Å². The zero-order valence-electron chi connectivity index (χ0n) is 31.7. The molecule has 0 fully saturated rings. The highest BCUT2D eigenvalue weighted by Gasteiger charge is 2.50. The molecule has 2 aliphatic rings. The van der Waals surface area contributed by atoms with E-state index >= 15 is 0 Å². The Kier molecular flexibility index (Phi) is 6.59. The van der Waals surface area contributed by atoms with E-state index in [9.17, 15) is 0 Å². The van der Waals surface area contributed by atoms with Crippen LogP contribution in [0.4, 0.5) is 0 Å². The molecule has 0 bridgehead atoms. The van der Waals surface area contributed by atoms with Crippen LogP contribution < -0.4 is 4.74 Å². The molecule has 5 heteroatoms. The number of benzene rings is 9. The third-order valence-corrected chi connectivity index (χ3v) is 12.5. The number of ether oxygens (including phenoxy) is 1. The van der Waals surface area contributed by atoms with Gasteiger partial charge in [-0.15, -0.1) is 0 Å². The summed E-state index contributed by atoms with van der Waals surface area (Å²) >= 11 is 0. The summed E-state index contributed by atoms with van der Waals surface area (Å²) in [6.07, 6.45) is 0. The van der Waals surface area contributed by atoms with E-state index in [2.05, 4.69) is 199 Å². The molecule has 11 aromatic rings. The van der Waals surface area contributed by atoms with Gasteiger partial charge in [-0.3, -0.25) is 0 Å². The molecule has 5 nitrogen and oxygen atoms in total. The average Bonchev–Trinajstić information content (AvgIpc) is 3.65. The summed E-state index contributed by atoms with van der Waals surface area (Å²) in [4.78, 5) is 15.9. The SMILES string of the molecule is c1ccc2c(c1)Oc1ccc(-c3nc(-c4cccc5ccccc45)nc(-c4cccc5ccccc45)n3)cc1C21c2ccccc2-n2c3ccccc3c3cccc1c32. The van der Waals surface area contributed by atoms with Crippen molar-refractivity contribution in [1.29, 1.82) is 0 Å². The lowest BCUT2D eigenvalue weighted by Crippen LogP contribution is -2.37. The van der Waals surface area contributed by atoms with E-state index in [1.165, 1.54) is 32.9 Å². The monoisotopic (exact) mass is 752 g/mol. The van der Waals surface area contributed by atoms with Gasteiger partial charge >= 0.3 is 0 Å². The Morgan fingerprint density at radius 3 is 1.69 bits per heavy atom. The highest BCUT2D eigenvalue weighted by molar-refractivity contribution is 6.12. The molecule has 2 aliphatic heterocycles. The minimum absolute atomic E-state index is 0.596. The van der Waals surface area contributed by atoms with E-state index in [4.69, 9.17) is 19.7 Å². The smallest absolute Gasteiger partial charge is 0.164 e. The van der Waals surface area contributed by atoms with Gasteiger partial charge in [-0.1, -0.05) is 158 Å². The molecule has 1 spiro atoms. The van der Waals surface area contributed by atoms with Gasteiger partial charge in [0.1, 0.15) is 11.5 Å². The van der Waals surface area contributed by atoms with Crippen molar-refractivity contribution in [3.63, 3.8) is 0 Å². The van der Waals surface area contributed by atoms with Crippen molar-refractivity contribution in [2.24, 2.45) is 0 Å². The van der Waals surface area contributed by atoms with Crippen molar-refractivity contribution in [2.45, 2.75) is 5.41 Å². The number of para-hydroxylation sites is 4. The standard InChI is InChI=1S/C54H32N4O/c1-3-18-36-33(14-1)16-11-22-40(36)52-55-51(56-53(57-52)41-23-12-17-34-15-2-4-19-37(34)41)35-30-31-49-45(32-35)54(43-25-7-10-29-48(43)59-49)42-24-6-9-28-47(42)58-46-27-8-5-20-38(46)39-21-13-26-44(54)50(39)58/h1-32H. The Morgan fingerprint density at radius 2 is 0.932 bits per heavy atom. The molecule has 0 saturated carbocycles. The zero-order valence-corrected chi connectivity index (χ0v) is 31.7. The molecular weight excluding hydrogens is 721 g/mol. The second-order valence-corrected chi connectivity index (χ2v) is 15.5. The highest BCUT2D eigenvalue weighted by Crippen LogP contribution is 2.60. The van der Waals surface area contributed by atoms with Crippen LogP contribution in [0.1, 0.15) is 22.3 Å². The zero-order chi connectivity index (χ0) is 38.7. The highest BCUT2D eigenvalue weighted by atomic mass is 16.5. The third-order valence-electron chi connectivity index (χ3n) is 12.5. The normalized spacial score (nSPS) is 15.0. The first kappa shape index (κ1) is 32.2. The maximum absolute atomic E-state index is 6.88. The van der Waals surface area contributed by atoms with Gasteiger partial charge in [-0.05, 0) is 69.1 Å². The van der Waals surface area contributed by atoms with Crippen molar-refractivity contribution in [1.82, 2.24) is 19.5 Å². The molecule has 59 heavy (non-hydrogen) atoms. The van der Waals surface area contributed by atoms with Gasteiger partial charge in [0.05, 0.1) is 22.1 Å². The molecule has 1 unspecified atom stereocenters. The molecule has 274 valence electrons. The lowest BCUT2D eigenvalue weighted by atomic mass is 9.61. The molecular formula is C54H32N4O. The van der Waals surface area contributed by atoms with Crippen LogP contribution in [0.5, 0.6) is 11.5 Å². The van der Waals surface area contributed by atoms with Gasteiger partial charge in [0.15, 0.2) is 17.5 Å². The lowest BCUT2D eigenvalue weighted by Gasteiger charge is -2.45. The Morgan fingerprint density at radius 1 is 0.390 bits per heavy atom. The van der Waals surface area contributed by atoms with E-state index < -0.39 is 5.41 Å². The first-order valence-electron chi connectivity index (χ1n) is 20.0. The van der Waals surface area contributed by atoms with Crippen molar-refractivity contribution in [3.8, 4) is 51.3 Å². The Bertz CT molecular complexity index is 3460. The quantitative estimate of drug-likeness (QED) is 0.180. The summed E-state index contributed by atoms with van der Waals surface area (Å²) in [5.41, 5.74) is 10.2. The van der Waals surface area contributed by atoms with Crippen LogP contribution in [0.2, 0.25) is 0 Å². The van der Waals surface area contributed by atoms with Crippen molar-refractivity contribution < 1.29 is 4.74 Å². The Labute approximate surface area is 339 Å². The summed E-state index contributed by atoms with van der Waals surface area (Å²) < 4.78 is 9.34. The van der Waals surface area contributed by atoms with Crippen LogP contribution >= 0.6 is 0 Å². The average molecular weight is 753 g/mol. The maximum atomic E-state index is 6.88. The molecule has 2 aromatic heterocycles. The fourth-order valence-electron chi connectivity index (χ4n) is 10.0. The minimum Gasteiger partial charge on any atom is -0.457 e. The van der Waals surface area contributed by atoms with Crippen LogP contribution in [0.3, 0.4) is 0 Å². The van der Waals surface area contributed by atoms with Crippen molar-refractivity contribution >= 4 is 43.4 Å². The van der Waals surface area contributed by atoms with E-state index in [1.54, 1.807) is 0 Å². The number of hydrogen-bond acceptors (Lipinski definition) is 4. The summed E-state index contributed by atoms with van der Waals surface area (Å²) in [6.45, 7) is 0. The van der Waals surface area contributed by atoms with Gasteiger partial charge in [0.25, 0.3) is 0 Å². The predicted octanol–water partition coefficient (Wildman–Crippen LogP) is 13.1. The largest absolute Gasteiger partial charge is 0.457 e. The van der Waals surface area contributed by atoms with E-state index in [-0.39, 0.29) is 0 Å². The summed E-state index contributed by atoms with van der Waals surface area (Å²) in [5.74, 6) is 3.50. The molecule has 4 heterocycles. The van der Waals surface area contributed by atoms with Crippen LogP contribution in [0.15, 0.2) is 194 Å². The fourth-order valence-corrected chi connectivity index (χ4v) is 10.0. The number of aromatic nitrogens is 4. The maximum Gasteiger partial charge on any atom is 0.164 e. The molecule has 9 aromatic carbocycles. The van der Waals surface area contributed by atoms with Gasteiger partial charge in [0.2, 0.25) is 0 Å².